The van der Waals surface area contributed by atoms with Crippen molar-refractivity contribution in [1.82, 2.24) is 0 Å². The molecule has 0 saturated heterocycles. The highest BCUT2D eigenvalue weighted by atomic mass is 16.4. The summed E-state index contributed by atoms with van der Waals surface area (Å²) in [4.78, 5) is 10.3. The second kappa shape index (κ2) is 15.0. The lowest BCUT2D eigenvalue weighted by Crippen LogP contribution is -2.00. The number of aliphatic hydroxyl groups excluding tert-OH is 1. The summed E-state index contributed by atoms with van der Waals surface area (Å²) in [7, 11) is 0. The summed E-state index contributed by atoms with van der Waals surface area (Å²) in [5, 5.41) is 18.1. The van der Waals surface area contributed by atoms with Gasteiger partial charge in [0.15, 0.2) is 0 Å². The Morgan fingerprint density at radius 1 is 1.00 bits per heavy atom. The molecule has 0 amide bonds. The Kier molecular flexibility index (Phi) is 14.1. The van der Waals surface area contributed by atoms with E-state index in [1.165, 1.54) is 12.8 Å². The molecule has 0 bridgehead atoms. The second-order valence-electron chi connectivity index (χ2n) is 5.21. The first kappa shape index (κ1) is 19.7. The number of aliphatic carboxylic acids is 1. The van der Waals surface area contributed by atoms with Crippen molar-refractivity contribution in [2.75, 3.05) is 0 Å². The van der Waals surface area contributed by atoms with Crippen molar-refractivity contribution in [3.63, 3.8) is 0 Å². The molecule has 0 aliphatic heterocycles. The van der Waals surface area contributed by atoms with Gasteiger partial charge < -0.3 is 10.2 Å². The average molecular weight is 294 g/mol. The molecule has 0 heterocycles. The predicted octanol–water partition coefficient (Wildman–Crippen LogP) is 4.63. The maximum Gasteiger partial charge on any atom is 0.303 e. The summed E-state index contributed by atoms with van der Waals surface area (Å²) in [6, 6.07) is 0. The molecule has 0 spiro atoms. The lowest BCUT2D eigenvalue weighted by Gasteiger charge is -2.02. The summed E-state index contributed by atoms with van der Waals surface area (Å²) in [5.74, 6) is -0.727. The largest absolute Gasteiger partial charge is 0.481 e. The van der Waals surface area contributed by atoms with Gasteiger partial charge in [-0.3, -0.25) is 4.79 Å². The quantitative estimate of drug-likeness (QED) is 0.296. The molecule has 0 fully saturated rings. The minimum absolute atomic E-state index is 0.246. The van der Waals surface area contributed by atoms with Gasteiger partial charge in [0.2, 0.25) is 0 Å². The van der Waals surface area contributed by atoms with Crippen molar-refractivity contribution in [3.8, 4) is 0 Å². The van der Waals surface area contributed by atoms with Gasteiger partial charge in [-0.05, 0) is 32.1 Å². The van der Waals surface area contributed by atoms with E-state index < -0.39 is 5.97 Å². The number of aliphatic hydroxyl groups is 1. The van der Waals surface area contributed by atoms with Crippen LogP contribution in [0.2, 0.25) is 0 Å². The molecule has 0 aliphatic carbocycles. The van der Waals surface area contributed by atoms with E-state index in [1.54, 1.807) is 0 Å². The topological polar surface area (TPSA) is 57.5 Å². The van der Waals surface area contributed by atoms with Crippen molar-refractivity contribution in [2.45, 2.75) is 70.8 Å². The van der Waals surface area contributed by atoms with Crippen molar-refractivity contribution in [2.24, 2.45) is 0 Å². The SMILES string of the molecule is CCCCCC(O)C=CC=CCCC=CCCCC(=O)O. The standard InChI is InChI=1S/C18H30O3/c1-2-3-11-14-17(19)15-12-9-7-5-4-6-8-10-13-16-18(20)21/h6-9,12,15,17,19H,2-5,10-11,13-14,16H2,1H3,(H,20,21). The zero-order valence-corrected chi connectivity index (χ0v) is 13.2. The minimum atomic E-state index is -0.727. The van der Waals surface area contributed by atoms with Crippen molar-refractivity contribution in [3.05, 3.63) is 36.5 Å². The smallest absolute Gasteiger partial charge is 0.303 e. The highest BCUT2D eigenvalue weighted by Crippen LogP contribution is 2.04. The molecule has 0 rings (SSSR count). The first-order valence-corrected chi connectivity index (χ1v) is 8.05. The van der Waals surface area contributed by atoms with Gasteiger partial charge in [0.25, 0.3) is 0 Å². The van der Waals surface area contributed by atoms with Crippen LogP contribution in [-0.4, -0.2) is 22.3 Å². The summed E-state index contributed by atoms with van der Waals surface area (Å²) >= 11 is 0. The van der Waals surface area contributed by atoms with E-state index >= 15 is 0 Å². The Labute approximate surface area is 129 Å². The van der Waals surface area contributed by atoms with Crippen LogP contribution in [-0.2, 0) is 4.79 Å². The normalized spacial score (nSPS) is 13.6. The molecule has 2 N–H and O–H groups in total. The third-order valence-electron chi connectivity index (χ3n) is 3.11. The van der Waals surface area contributed by atoms with Gasteiger partial charge in [-0.25, -0.2) is 0 Å². The number of carboxylic acids is 1. The Bertz CT molecular complexity index is 329. The fourth-order valence-electron chi connectivity index (χ4n) is 1.87. The van der Waals surface area contributed by atoms with E-state index in [-0.39, 0.29) is 12.5 Å². The monoisotopic (exact) mass is 294 g/mol. The fraction of sp³-hybridized carbons (Fsp3) is 0.611. The van der Waals surface area contributed by atoms with Crippen LogP contribution < -0.4 is 0 Å². The Balaban J connectivity index is 3.50. The third-order valence-corrected chi connectivity index (χ3v) is 3.11. The number of carbonyl (C=O) groups is 1. The molecule has 0 aromatic heterocycles. The summed E-state index contributed by atoms with van der Waals surface area (Å²) in [6.45, 7) is 2.16. The van der Waals surface area contributed by atoms with Crippen molar-refractivity contribution < 1.29 is 15.0 Å². The van der Waals surface area contributed by atoms with Gasteiger partial charge >= 0.3 is 5.97 Å². The van der Waals surface area contributed by atoms with E-state index in [0.717, 1.165) is 32.1 Å². The van der Waals surface area contributed by atoms with Gasteiger partial charge in [0.05, 0.1) is 6.10 Å². The molecule has 120 valence electrons. The Morgan fingerprint density at radius 2 is 1.71 bits per heavy atom. The zero-order valence-electron chi connectivity index (χ0n) is 13.2. The van der Waals surface area contributed by atoms with Gasteiger partial charge in [-0.2, -0.15) is 0 Å². The van der Waals surface area contributed by atoms with E-state index in [4.69, 9.17) is 5.11 Å². The highest BCUT2D eigenvalue weighted by Gasteiger charge is 1.96. The first-order valence-electron chi connectivity index (χ1n) is 8.05. The van der Waals surface area contributed by atoms with E-state index in [1.807, 2.05) is 24.3 Å². The molecule has 3 nitrogen and oxygen atoms in total. The summed E-state index contributed by atoms with van der Waals surface area (Å²) < 4.78 is 0. The van der Waals surface area contributed by atoms with Crippen LogP contribution in [0.5, 0.6) is 0 Å². The van der Waals surface area contributed by atoms with E-state index in [9.17, 15) is 9.90 Å². The Hall–Kier alpha value is -1.35. The fourth-order valence-corrected chi connectivity index (χ4v) is 1.87. The number of carboxylic acid groups (broad SMARTS) is 1. The lowest BCUT2D eigenvalue weighted by molar-refractivity contribution is -0.137. The maximum atomic E-state index is 10.3. The number of hydrogen-bond acceptors (Lipinski definition) is 2. The maximum absolute atomic E-state index is 10.3. The molecule has 0 aromatic carbocycles. The second-order valence-corrected chi connectivity index (χ2v) is 5.21. The van der Waals surface area contributed by atoms with Crippen molar-refractivity contribution >= 4 is 5.97 Å². The molecule has 3 heteroatoms. The number of hydrogen-bond donors (Lipinski definition) is 2. The molecule has 0 saturated carbocycles. The number of unbranched alkanes of at least 4 members (excludes halogenated alkanes) is 4. The minimum Gasteiger partial charge on any atom is -0.481 e. The van der Waals surface area contributed by atoms with Gasteiger partial charge in [-0.1, -0.05) is 62.6 Å². The molecular formula is C18H30O3. The van der Waals surface area contributed by atoms with Crippen LogP contribution in [0.15, 0.2) is 36.5 Å². The molecule has 0 aromatic rings. The van der Waals surface area contributed by atoms with Gasteiger partial charge in [0, 0.05) is 6.42 Å². The molecular weight excluding hydrogens is 264 g/mol. The zero-order chi connectivity index (χ0) is 15.8. The number of allylic oxidation sites excluding steroid dienone is 5. The van der Waals surface area contributed by atoms with Gasteiger partial charge in [-0.15, -0.1) is 0 Å². The summed E-state index contributed by atoms with van der Waals surface area (Å²) in [6.07, 6.45) is 19.6. The van der Waals surface area contributed by atoms with E-state index in [0.29, 0.717) is 6.42 Å². The third kappa shape index (κ3) is 16.6. The number of rotatable bonds is 13. The highest BCUT2D eigenvalue weighted by molar-refractivity contribution is 5.66. The van der Waals surface area contributed by atoms with Crippen molar-refractivity contribution in [1.29, 1.82) is 0 Å². The average Bonchev–Trinajstić information content (AvgIpc) is 2.44. The van der Waals surface area contributed by atoms with Crippen LogP contribution in [0.3, 0.4) is 0 Å². The lowest BCUT2D eigenvalue weighted by atomic mass is 10.1. The molecule has 1 unspecified atom stereocenters. The predicted molar refractivity (Wildman–Crippen MR) is 88.3 cm³/mol. The van der Waals surface area contributed by atoms with Crippen LogP contribution in [0.1, 0.15) is 64.7 Å². The molecule has 0 radical (unpaired) electrons. The van der Waals surface area contributed by atoms with Crippen LogP contribution >= 0.6 is 0 Å². The van der Waals surface area contributed by atoms with Crippen LogP contribution in [0.25, 0.3) is 0 Å². The van der Waals surface area contributed by atoms with Crippen LogP contribution in [0, 0.1) is 0 Å². The van der Waals surface area contributed by atoms with Crippen LogP contribution in [0.4, 0.5) is 0 Å². The Morgan fingerprint density at radius 3 is 2.43 bits per heavy atom. The van der Waals surface area contributed by atoms with E-state index in [2.05, 4.69) is 19.1 Å². The van der Waals surface area contributed by atoms with Gasteiger partial charge in [0.1, 0.15) is 0 Å². The first-order chi connectivity index (χ1) is 10.2. The summed E-state index contributed by atoms with van der Waals surface area (Å²) in [5.41, 5.74) is 0. The molecule has 21 heavy (non-hydrogen) atoms. The molecule has 1 atom stereocenters. The molecule has 0 aliphatic rings.